The summed E-state index contributed by atoms with van der Waals surface area (Å²) in [7, 11) is 0. The molecule has 7 heteroatoms. The van der Waals surface area contributed by atoms with Gasteiger partial charge in [-0.05, 0) is 44.9 Å². The molecular weight excluding hydrogens is 328 g/mol. The number of anilines is 1. The summed E-state index contributed by atoms with van der Waals surface area (Å²) in [4.78, 5) is 26.4. The quantitative estimate of drug-likeness (QED) is 0.826. The van der Waals surface area contributed by atoms with E-state index in [0.717, 1.165) is 31.4 Å². The van der Waals surface area contributed by atoms with E-state index in [1.165, 1.54) is 6.07 Å². The highest BCUT2D eigenvalue weighted by molar-refractivity contribution is 5.94. The van der Waals surface area contributed by atoms with Crippen molar-refractivity contribution >= 4 is 17.5 Å². The summed E-state index contributed by atoms with van der Waals surface area (Å²) in [5.41, 5.74) is -0.0486. The molecule has 1 heterocycles. The van der Waals surface area contributed by atoms with Crippen LogP contribution in [0.25, 0.3) is 0 Å². The number of likely N-dealkylation sites (tertiary alicyclic amines) is 1. The molecular formula is C18H25F2N3O2. The van der Waals surface area contributed by atoms with E-state index in [0.29, 0.717) is 19.6 Å². The van der Waals surface area contributed by atoms with E-state index >= 15 is 0 Å². The molecule has 1 fully saturated rings. The van der Waals surface area contributed by atoms with Gasteiger partial charge < -0.3 is 10.6 Å². The summed E-state index contributed by atoms with van der Waals surface area (Å²) in [6.45, 7) is 5.57. The van der Waals surface area contributed by atoms with Gasteiger partial charge in [0.15, 0.2) is 0 Å². The first-order valence-electron chi connectivity index (χ1n) is 8.70. The van der Waals surface area contributed by atoms with Crippen LogP contribution in [0.5, 0.6) is 0 Å². The Bertz CT molecular complexity index is 624. The number of nitrogens with one attached hydrogen (secondary N) is 2. The van der Waals surface area contributed by atoms with Gasteiger partial charge in [0.25, 0.3) is 0 Å². The molecule has 2 amide bonds. The second-order valence-electron chi connectivity index (χ2n) is 6.41. The second kappa shape index (κ2) is 8.89. The van der Waals surface area contributed by atoms with Gasteiger partial charge in [0.1, 0.15) is 11.6 Å². The van der Waals surface area contributed by atoms with Crippen molar-refractivity contribution in [2.45, 2.75) is 39.2 Å². The second-order valence-corrected chi connectivity index (χ2v) is 6.41. The van der Waals surface area contributed by atoms with Crippen LogP contribution in [0.15, 0.2) is 18.2 Å². The number of hydrogen-bond acceptors (Lipinski definition) is 3. The van der Waals surface area contributed by atoms with Gasteiger partial charge in [0, 0.05) is 19.2 Å². The number of carbonyl (C=O) groups excluding carboxylic acids is 2. The van der Waals surface area contributed by atoms with E-state index in [-0.39, 0.29) is 23.4 Å². The molecule has 1 aromatic rings. The zero-order valence-corrected chi connectivity index (χ0v) is 14.6. The highest BCUT2D eigenvalue weighted by atomic mass is 19.1. The van der Waals surface area contributed by atoms with E-state index in [4.69, 9.17) is 0 Å². The van der Waals surface area contributed by atoms with E-state index in [2.05, 4.69) is 10.6 Å². The number of benzene rings is 1. The normalized spacial score (nSPS) is 19.3. The Morgan fingerprint density at radius 2 is 2.12 bits per heavy atom. The molecule has 0 unspecified atom stereocenters. The average Bonchev–Trinajstić information content (AvgIpc) is 2.61. The molecule has 1 aliphatic heterocycles. The van der Waals surface area contributed by atoms with Crippen LogP contribution < -0.4 is 10.6 Å². The van der Waals surface area contributed by atoms with E-state index in [1.807, 2.05) is 11.8 Å². The standard InChI is InChI=1S/C18H25F2N3O2/c1-3-8-21-18(25)13-5-4-9-23(11-13)12(2)17(24)22-16-7-6-14(19)10-15(16)20/h6-7,10,12-13H,3-5,8-9,11H2,1-2H3,(H,21,25)(H,22,24)/t12-,13-/m0/s1. The fraction of sp³-hybridized carbons (Fsp3) is 0.556. The molecule has 25 heavy (non-hydrogen) atoms. The minimum Gasteiger partial charge on any atom is -0.356 e. The van der Waals surface area contributed by atoms with Crippen molar-refractivity contribution in [3.8, 4) is 0 Å². The van der Waals surface area contributed by atoms with Gasteiger partial charge >= 0.3 is 0 Å². The monoisotopic (exact) mass is 353 g/mol. The maximum Gasteiger partial charge on any atom is 0.241 e. The molecule has 2 rings (SSSR count). The molecule has 0 aliphatic carbocycles. The highest BCUT2D eigenvalue weighted by Crippen LogP contribution is 2.20. The maximum absolute atomic E-state index is 13.7. The van der Waals surface area contributed by atoms with Gasteiger partial charge in [-0.2, -0.15) is 0 Å². The van der Waals surface area contributed by atoms with E-state index < -0.39 is 17.7 Å². The van der Waals surface area contributed by atoms with Crippen LogP contribution in [0.2, 0.25) is 0 Å². The Balaban J connectivity index is 1.95. The summed E-state index contributed by atoms with van der Waals surface area (Å²) < 4.78 is 26.6. The Morgan fingerprint density at radius 1 is 1.36 bits per heavy atom. The van der Waals surface area contributed by atoms with Crippen LogP contribution in [-0.2, 0) is 9.59 Å². The number of hydrogen-bond donors (Lipinski definition) is 2. The third kappa shape index (κ3) is 5.22. The molecule has 2 atom stereocenters. The number of nitrogens with zero attached hydrogens (tertiary/aromatic N) is 1. The highest BCUT2D eigenvalue weighted by Gasteiger charge is 2.30. The van der Waals surface area contributed by atoms with Crippen LogP contribution >= 0.6 is 0 Å². The molecule has 1 aromatic carbocycles. The zero-order chi connectivity index (χ0) is 18.4. The van der Waals surface area contributed by atoms with Crippen molar-refractivity contribution in [3.63, 3.8) is 0 Å². The number of carbonyl (C=O) groups is 2. The Kier molecular flexibility index (Phi) is 6.87. The number of rotatable bonds is 6. The molecule has 1 saturated heterocycles. The fourth-order valence-electron chi connectivity index (χ4n) is 2.96. The first-order chi connectivity index (χ1) is 11.9. The van der Waals surface area contributed by atoms with Crippen molar-refractivity contribution in [3.05, 3.63) is 29.8 Å². The zero-order valence-electron chi connectivity index (χ0n) is 14.6. The minimum absolute atomic E-state index is 0.0173. The molecule has 5 nitrogen and oxygen atoms in total. The smallest absolute Gasteiger partial charge is 0.241 e. The van der Waals surface area contributed by atoms with Gasteiger partial charge in [-0.25, -0.2) is 8.78 Å². The van der Waals surface area contributed by atoms with Crippen molar-refractivity contribution in [2.75, 3.05) is 25.0 Å². The number of piperidine rings is 1. The van der Waals surface area contributed by atoms with Crippen molar-refractivity contribution in [2.24, 2.45) is 5.92 Å². The van der Waals surface area contributed by atoms with Crippen LogP contribution in [0.3, 0.4) is 0 Å². The van der Waals surface area contributed by atoms with Crippen LogP contribution in [-0.4, -0.2) is 42.4 Å². The SMILES string of the molecule is CCCNC(=O)[C@H]1CCCN([C@@H](C)C(=O)Nc2ccc(F)cc2F)C1. The van der Waals surface area contributed by atoms with Gasteiger partial charge in [-0.3, -0.25) is 14.5 Å². The predicted octanol–water partition coefficient (Wildman–Crippen LogP) is 2.53. The first-order valence-corrected chi connectivity index (χ1v) is 8.70. The third-order valence-electron chi connectivity index (χ3n) is 4.49. The number of halogens is 2. The fourth-order valence-corrected chi connectivity index (χ4v) is 2.96. The Morgan fingerprint density at radius 3 is 2.80 bits per heavy atom. The predicted molar refractivity (Wildman–Crippen MR) is 92.0 cm³/mol. The summed E-state index contributed by atoms with van der Waals surface area (Å²) in [6.07, 6.45) is 2.50. The summed E-state index contributed by atoms with van der Waals surface area (Å²) in [6, 6.07) is 2.52. The molecule has 0 bridgehead atoms. The van der Waals surface area contributed by atoms with E-state index in [9.17, 15) is 18.4 Å². The molecule has 0 radical (unpaired) electrons. The lowest BCUT2D eigenvalue weighted by atomic mass is 9.96. The molecule has 1 aliphatic rings. The first kappa shape index (κ1) is 19.3. The molecule has 2 N–H and O–H groups in total. The molecule has 0 spiro atoms. The Hall–Kier alpha value is -2.02. The third-order valence-corrected chi connectivity index (χ3v) is 4.49. The van der Waals surface area contributed by atoms with Gasteiger partial charge in [-0.15, -0.1) is 0 Å². The maximum atomic E-state index is 13.7. The van der Waals surface area contributed by atoms with E-state index in [1.54, 1.807) is 6.92 Å². The van der Waals surface area contributed by atoms with Gasteiger partial charge in [0.2, 0.25) is 11.8 Å². The summed E-state index contributed by atoms with van der Waals surface area (Å²) in [5, 5.41) is 5.38. The lowest BCUT2D eigenvalue weighted by molar-refractivity contribution is -0.129. The lowest BCUT2D eigenvalue weighted by Gasteiger charge is -2.35. The largest absolute Gasteiger partial charge is 0.356 e. The minimum atomic E-state index is -0.809. The van der Waals surface area contributed by atoms with Crippen molar-refractivity contribution < 1.29 is 18.4 Å². The van der Waals surface area contributed by atoms with Crippen LogP contribution in [0.4, 0.5) is 14.5 Å². The molecule has 0 saturated carbocycles. The van der Waals surface area contributed by atoms with Crippen molar-refractivity contribution in [1.29, 1.82) is 0 Å². The van der Waals surface area contributed by atoms with Gasteiger partial charge in [-0.1, -0.05) is 6.92 Å². The lowest BCUT2D eigenvalue weighted by Crippen LogP contribution is -2.50. The summed E-state index contributed by atoms with van der Waals surface area (Å²) >= 11 is 0. The summed E-state index contributed by atoms with van der Waals surface area (Å²) in [5.74, 6) is -2.00. The van der Waals surface area contributed by atoms with Crippen molar-refractivity contribution in [1.82, 2.24) is 10.2 Å². The van der Waals surface area contributed by atoms with Crippen LogP contribution in [0, 0.1) is 17.6 Å². The average molecular weight is 353 g/mol. The van der Waals surface area contributed by atoms with Crippen LogP contribution in [0.1, 0.15) is 33.1 Å². The molecule has 138 valence electrons. The van der Waals surface area contributed by atoms with Gasteiger partial charge in [0.05, 0.1) is 17.6 Å². The topological polar surface area (TPSA) is 61.4 Å². The molecule has 0 aromatic heterocycles. The Labute approximate surface area is 146 Å². The number of amides is 2.